The molecule has 0 N–H and O–H groups in total. The minimum atomic E-state index is -0.210. The molecule has 0 unspecified atom stereocenters. The van der Waals surface area contributed by atoms with Crippen molar-refractivity contribution < 1.29 is 9.53 Å². The number of amides is 1. The van der Waals surface area contributed by atoms with Crippen LogP contribution in [0.1, 0.15) is 23.4 Å². The van der Waals surface area contributed by atoms with Crippen molar-refractivity contribution in [3.63, 3.8) is 0 Å². The van der Waals surface area contributed by atoms with Crippen LogP contribution in [0, 0.1) is 0 Å². The predicted octanol–water partition coefficient (Wildman–Crippen LogP) is 3.49. The second-order valence-corrected chi connectivity index (χ2v) is 6.12. The minimum absolute atomic E-state index is 0.210. The van der Waals surface area contributed by atoms with Crippen molar-refractivity contribution in [2.45, 2.75) is 31.9 Å². The van der Waals surface area contributed by atoms with Gasteiger partial charge in [0, 0.05) is 30.6 Å². The number of thiazole rings is 1. The van der Waals surface area contributed by atoms with Crippen LogP contribution in [-0.2, 0) is 17.8 Å². The number of benzene rings is 1. The van der Waals surface area contributed by atoms with Crippen LogP contribution < -0.4 is 0 Å². The van der Waals surface area contributed by atoms with Gasteiger partial charge in [-0.1, -0.05) is 30.3 Å². The van der Waals surface area contributed by atoms with Gasteiger partial charge >= 0.3 is 6.09 Å². The molecule has 0 bridgehead atoms. The van der Waals surface area contributed by atoms with E-state index in [4.69, 9.17) is 4.74 Å². The Balaban J connectivity index is 1.52. The fourth-order valence-corrected chi connectivity index (χ4v) is 2.81. The van der Waals surface area contributed by atoms with E-state index in [9.17, 15) is 4.79 Å². The summed E-state index contributed by atoms with van der Waals surface area (Å²) in [5.41, 5.74) is 1.02. The van der Waals surface area contributed by atoms with E-state index >= 15 is 0 Å². The Morgan fingerprint density at radius 1 is 1.33 bits per heavy atom. The molecule has 3 rings (SSSR count). The molecular weight excluding hydrogens is 284 g/mol. The van der Waals surface area contributed by atoms with Crippen molar-refractivity contribution in [3.8, 4) is 0 Å². The third-order valence-electron chi connectivity index (χ3n) is 3.48. The number of rotatable bonds is 6. The SMILES string of the molecule is O=C(OCc1ccccc1)N(CCc1nccs1)C1CC1. The molecule has 1 saturated carbocycles. The molecule has 1 aliphatic rings. The fourth-order valence-electron chi connectivity index (χ4n) is 2.20. The molecule has 21 heavy (non-hydrogen) atoms. The highest BCUT2D eigenvalue weighted by molar-refractivity contribution is 7.09. The van der Waals surface area contributed by atoms with Gasteiger partial charge in [0.25, 0.3) is 0 Å². The average molecular weight is 302 g/mol. The van der Waals surface area contributed by atoms with Crippen LogP contribution in [0.5, 0.6) is 0 Å². The number of hydrogen-bond donors (Lipinski definition) is 0. The maximum Gasteiger partial charge on any atom is 0.410 e. The van der Waals surface area contributed by atoms with Crippen LogP contribution in [0.2, 0.25) is 0 Å². The Morgan fingerprint density at radius 3 is 2.81 bits per heavy atom. The molecular formula is C16H18N2O2S. The molecule has 1 fully saturated rings. The molecule has 1 aliphatic carbocycles. The van der Waals surface area contributed by atoms with E-state index in [-0.39, 0.29) is 6.09 Å². The highest BCUT2D eigenvalue weighted by Crippen LogP contribution is 2.28. The monoisotopic (exact) mass is 302 g/mol. The molecule has 2 aromatic rings. The molecule has 1 aromatic heterocycles. The summed E-state index contributed by atoms with van der Waals surface area (Å²) in [7, 11) is 0. The smallest absolute Gasteiger partial charge is 0.410 e. The van der Waals surface area contributed by atoms with Crippen LogP contribution in [0.15, 0.2) is 41.9 Å². The van der Waals surface area contributed by atoms with Crippen LogP contribution in [0.3, 0.4) is 0 Å². The van der Waals surface area contributed by atoms with Gasteiger partial charge in [0.2, 0.25) is 0 Å². The highest BCUT2D eigenvalue weighted by atomic mass is 32.1. The summed E-state index contributed by atoms with van der Waals surface area (Å²) in [5, 5.41) is 3.03. The summed E-state index contributed by atoms with van der Waals surface area (Å²) >= 11 is 1.63. The van der Waals surface area contributed by atoms with Gasteiger partial charge in [-0.05, 0) is 18.4 Å². The van der Waals surface area contributed by atoms with Gasteiger partial charge in [-0.25, -0.2) is 9.78 Å². The fraction of sp³-hybridized carbons (Fsp3) is 0.375. The maximum absolute atomic E-state index is 12.2. The second-order valence-electron chi connectivity index (χ2n) is 5.14. The van der Waals surface area contributed by atoms with Gasteiger partial charge in [-0.2, -0.15) is 0 Å². The molecule has 5 heteroatoms. The van der Waals surface area contributed by atoms with Gasteiger partial charge in [-0.3, -0.25) is 0 Å². The maximum atomic E-state index is 12.2. The first kappa shape index (κ1) is 14.1. The summed E-state index contributed by atoms with van der Waals surface area (Å²) in [6, 6.07) is 10.1. The Bertz CT molecular complexity index is 567. The van der Waals surface area contributed by atoms with Crippen molar-refractivity contribution in [1.82, 2.24) is 9.88 Å². The zero-order valence-corrected chi connectivity index (χ0v) is 12.6. The highest BCUT2D eigenvalue weighted by Gasteiger charge is 2.33. The van der Waals surface area contributed by atoms with Gasteiger partial charge in [0.1, 0.15) is 6.61 Å². The summed E-state index contributed by atoms with van der Waals surface area (Å²) < 4.78 is 5.43. The van der Waals surface area contributed by atoms with E-state index < -0.39 is 0 Å². The lowest BCUT2D eigenvalue weighted by atomic mass is 10.2. The molecule has 0 atom stereocenters. The lowest BCUT2D eigenvalue weighted by molar-refractivity contribution is 0.0939. The summed E-state index contributed by atoms with van der Waals surface area (Å²) in [4.78, 5) is 18.4. The molecule has 1 amide bonds. The number of aromatic nitrogens is 1. The lowest BCUT2D eigenvalue weighted by Gasteiger charge is -2.21. The zero-order valence-electron chi connectivity index (χ0n) is 11.8. The molecule has 0 radical (unpaired) electrons. The Morgan fingerprint density at radius 2 is 2.14 bits per heavy atom. The normalized spacial score (nSPS) is 13.9. The van der Waals surface area contributed by atoms with E-state index in [0.717, 1.165) is 29.8 Å². The Labute approximate surface area is 128 Å². The summed E-state index contributed by atoms with van der Waals surface area (Å²) in [5.74, 6) is 0. The largest absolute Gasteiger partial charge is 0.445 e. The molecule has 0 spiro atoms. The number of ether oxygens (including phenoxy) is 1. The molecule has 0 saturated heterocycles. The van der Waals surface area contributed by atoms with Crippen molar-refractivity contribution >= 4 is 17.4 Å². The third-order valence-corrected chi connectivity index (χ3v) is 4.32. The average Bonchev–Trinajstić information content (AvgIpc) is 3.22. The van der Waals surface area contributed by atoms with Gasteiger partial charge in [0.05, 0.1) is 5.01 Å². The predicted molar refractivity (Wildman–Crippen MR) is 82.2 cm³/mol. The van der Waals surface area contributed by atoms with E-state index in [2.05, 4.69) is 4.98 Å². The van der Waals surface area contributed by atoms with E-state index in [1.165, 1.54) is 0 Å². The van der Waals surface area contributed by atoms with Crippen molar-refractivity contribution in [2.24, 2.45) is 0 Å². The second kappa shape index (κ2) is 6.72. The number of nitrogens with zero attached hydrogens (tertiary/aromatic N) is 2. The number of carbonyl (C=O) groups excluding carboxylic acids is 1. The molecule has 0 aliphatic heterocycles. The Hall–Kier alpha value is -1.88. The summed E-state index contributed by atoms with van der Waals surface area (Å²) in [6.07, 6.45) is 4.55. The van der Waals surface area contributed by atoms with Gasteiger partial charge in [-0.15, -0.1) is 11.3 Å². The van der Waals surface area contributed by atoms with Crippen molar-refractivity contribution in [3.05, 3.63) is 52.5 Å². The molecule has 1 aromatic carbocycles. The minimum Gasteiger partial charge on any atom is -0.445 e. The number of hydrogen-bond acceptors (Lipinski definition) is 4. The molecule has 1 heterocycles. The van der Waals surface area contributed by atoms with E-state index in [1.54, 1.807) is 17.5 Å². The first-order valence-electron chi connectivity index (χ1n) is 7.18. The topological polar surface area (TPSA) is 42.4 Å². The van der Waals surface area contributed by atoms with Crippen molar-refractivity contribution in [1.29, 1.82) is 0 Å². The third kappa shape index (κ3) is 4.04. The van der Waals surface area contributed by atoms with Gasteiger partial charge in [0.15, 0.2) is 0 Å². The first-order valence-corrected chi connectivity index (χ1v) is 8.06. The first-order chi connectivity index (χ1) is 10.3. The van der Waals surface area contributed by atoms with Crippen LogP contribution in [0.4, 0.5) is 4.79 Å². The van der Waals surface area contributed by atoms with Crippen LogP contribution in [0.25, 0.3) is 0 Å². The summed E-state index contributed by atoms with van der Waals surface area (Å²) in [6.45, 7) is 1.02. The lowest BCUT2D eigenvalue weighted by Crippen LogP contribution is -2.35. The quantitative estimate of drug-likeness (QED) is 0.820. The van der Waals surface area contributed by atoms with E-state index in [0.29, 0.717) is 19.2 Å². The Kier molecular flexibility index (Phi) is 4.50. The molecule has 110 valence electrons. The van der Waals surface area contributed by atoms with Gasteiger partial charge < -0.3 is 9.64 Å². The number of carbonyl (C=O) groups is 1. The van der Waals surface area contributed by atoms with Crippen LogP contribution in [-0.4, -0.2) is 28.6 Å². The van der Waals surface area contributed by atoms with Crippen LogP contribution >= 0.6 is 11.3 Å². The standard InChI is InChI=1S/C16H18N2O2S/c19-16(20-12-13-4-2-1-3-5-13)18(14-6-7-14)10-8-15-17-9-11-21-15/h1-5,9,11,14H,6-8,10,12H2. The molecule has 4 nitrogen and oxygen atoms in total. The van der Waals surface area contributed by atoms with E-state index in [1.807, 2.05) is 40.6 Å². The zero-order chi connectivity index (χ0) is 14.5. The van der Waals surface area contributed by atoms with Crippen molar-refractivity contribution in [2.75, 3.05) is 6.54 Å².